The fourth-order valence-electron chi connectivity index (χ4n) is 1.43. The second-order valence-corrected chi connectivity index (χ2v) is 4.35. The van der Waals surface area contributed by atoms with Gasteiger partial charge in [0, 0.05) is 4.90 Å². The third kappa shape index (κ3) is 2.52. The molecule has 0 amide bonds. The van der Waals surface area contributed by atoms with E-state index in [9.17, 15) is 4.79 Å². The summed E-state index contributed by atoms with van der Waals surface area (Å²) in [4.78, 5) is 11.9. The molecule has 0 saturated carbocycles. The number of rotatable bonds is 3. The van der Waals surface area contributed by atoms with E-state index in [1.807, 2.05) is 32.2 Å². The maximum Gasteiger partial charge on any atom is 0.325 e. The Labute approximate surface area is 93.7 Å². The Morgan fingerprint density at radius 3 is 2.53 bits per heavy atom. The zero-order chi connectivity index (χ0) is 11.6. The Balaban J connectivity index is 3.27. The van der Waals surface area contributed by atoms with E-state index in [0.29, 0.717) is 5.56 Å². The van der Waals surface area contributed by atoms with Gasteiger partial charge in [-0.3, -0.25) is 4.79 Å². The van der Waals surface area contributed by atoms with Gasteiger partial charge < -0.3 is 10.8 Å². The summed E-state index contributed by atoms with van der Waals surface area (Å²) in [6, 6.07) is 2.96. The molecule has 1 unspecified atom stereocenters. The van der Waals surface area contributed by atoms with Crippen LogP contribution in [0, 0.1) is 13.8 Å². The van der Waals surface area contributed by atoms with Gasteiger partial charge in [0.05, 0.1) is 0 Å². The first-order chi connectivity index (χ1) is 6.97. The van der Waals surface area contributed by atoms with Crippen LogP contribution in [0.3, 0.4) is 0 Å². The van der Waals surface area contributed by atoms with Crippen LogP contribution in [0.5, 0.6) is 0 Å². The summed E-state index contributed by atoms with van der Waals surface area (Å²) >= 11 is 1.59. The molecule has 3 N–H and O–H groups in total. The van der Waals surface area contributed by atoms with E-state index in [1.165, 1.54) is 0 Å². The van der Waals surface area contributed by atoms with Crippen LogP contribution in [-0.4, -0.2) is 17.3 Å². The largest absolute Gasteiger partial charge is 0.480 e. The van der Waals surface area contributed by atoms with Gasteiger partial charge in [-0.05, 0) is 48.9 Å². The van der Waals surface area contributed by atoms with E-state index in [2.05, 4.69) is 0 Å². The smallest absolute Gasteiger partial charge is 0.325 e. The number of aliphatic carboxylic acids is 1. The van der Waals surface area contributed by atoms with Crippen LogP contribution in [0.2, 0.25) is 0 Å². The molecule has 0 aliphatic rings. The van der Waals surface area contributed by atoms with E-state index in [-0.39, 0.29) is 0 Å². The van der Waals surface area contributed by atoms with Gasteiger partial charge in [0.15, 0.2) is 0 Å². The molecule has 0 heterocycles. The van der Waals surface area contributed by atoms with Crippen molar-refractivity contribution in [3.05, 3.63) is 28.8 Å². The average Bonchev–Trinajstić information content (AvgIpc) is 2.20. The first-order valence-corrected chi connectivity index (χ1v) is 5.83. The van der Waals surface area contributed by atoms with Crippen molar-refractivity contribution in [2.75, 3.05) is 6.26 Å². The summed E-state index contributed by atoms with van der Waals surface area (Å²) in [7, 11) is 0. The summed E-state index contributed by atoms with van der Waals surface area (Å²) < 4.78 is 0. The number of thioether (sulfide) groups is 1. The number of carboxylic acids is 1. The Bertz CT molecular complexity index is 390. The SMILES string of the molecule is CSc1cc(C)c(C)c(C(N)C(=O)O)c1. The number of hydrogen-bond acceptors (Lipinski definition) is 3. The third-order valence-corrected chi connectivity index (χ3v) is 3.22. The van der Waals surface area contributed by atoms with Crippen molar-refractivity contribution in [3.8, 4) is 0 Å². The molecule has 0 aromatic heterocycles. The topological polar surface area (TPSA) is 63.3 Å². The quantitative estimate of drug-likeness (QED) is 0.773. The lowest BCUT2D eigenvalue weighted by molar-refractivity contribution is -0.138. The van der Waals surface area contributed by atoms with Crippen LogP contribution in [0.4, 0.5) is 0 Å². The van der Waals surface area contributed by atoms with Crippen molar-refractivity contribution in [3.63, 3.8) is 0 Å². The first-order valence-electron chi connectivity index (χ1n) is 4.61. The second-order valence-electron chi connectivity index (χ2n) is 3.47. The molecule has 0 spiro atoms. The predicted octanol–water partition coefficient (Wildman–Crippen LogP) is 2.11. The molecular formula is C11H15NO2S. The van der Waals surface area contributed by atoms with Gasteiger partial charge in [-0.25, -0.2) is 0 Å². The predicted molar refractivity (Wildman–Crippen MR) is 62.3 cm³/mol. The van der Waals surface area contributed by atoms with E-state index in [0.717, 1.165) is 16.0 Å². The van der Waals surface area contributed by atoms with Gasteiger partial charge in [-0.2, -0.15) is 0 Å². The molecule has 0 fully saturated rings. The summed E-state index contributed by atoms with van der Waals surface area (Å²) in [5.41, 5.74) is 8.36. The van der Waals surface area contributed by atoms with Crippen molar-refractivity contribution in [2.45, 2.75) is 24.8 Å². The molecule has 1 aromatic rings. The van der Waals surface area contributed by atoms with Crippen molar-refractivity contribution in [1.82, 2.24) is 0 Å². The number of aryl methyl sites for hydroxylation is 1. The Hall–Kier alpha value is -1.00. The van der Waals surface area contributed by atoms with Gasteiger partial charge in [-0.15, -0.1) is 11.8 Å². The summed E-state index contributed by atoms with van der Waals surface area (Å²) in [5.74, 6) is -0.990. The van der Waals surface area contributed by atoms with Crippen molar-refractivity contribution >= 4 is 17.7 Å². The first kappa shape index (κ1) is 12.1. The van der Waals surface area contributed by atoms with Gasteiger partial charge in [0.25, 0.3) is 0 Å². The van der Waals surface area contributed by atoms with Crippen molar-refractivity contribution in [1.29, 1.82) is 0 Å². The molecule has 4 heteroatoms. The minimum atomic E-state index is -0.990. The van der Waals surface area contributed by atoms with Crippen LogP contribution < -0.4 is 5.73 Å². The van der Waals surface area contributed by atoms with Crippen LogP contribution in [-0.2, 0) is 4.79 Å². The lowest BCUT2D eigenvalue weighted by Crippen LogP contribution is -2.22. The van der Waals surface area contributed by atoms with E-state index in [1.54, 1.807) is 11.8 Å². The highest BCUT2D eigenvalue weighted by Crippen LogP contribution is 2.26. The molecule has 0 aliphatic carbocycles. The monoisotopic (exact) mass is 225 g/mol. The maximum atomic E-state index is 10.8. The normalized spacial score (nSPS) is 12.5. The number of carboxylic acid groups (broad SMARTS) is 1. The highest BCUT2D eigenvalue weighted by Gasteiger charge is 2.18. The molecule has 1 atom stereocenters. The maximum absolute atomic E-state index is 10.8. The molecule has 0 radical (unpaired) electrons. The van der Waals surface area contributed by atoms with E-state index >= 15 is 0 Å². The summed E-state index contributed by atoms with van der Waals surface area (Å²) in [5, 5.41) is 8.88. The number of hydrogen-bond donors (Lipinski definition) is 2. The molecule has 1 aromatic carbocycles. The van der Waals surface area contributed by atoms with Crippen LogP contribution in [0.15, 0.2) is 17.0 Å². The molecule has 15 heavy (non-hydrogen) atoms. The van der Waals surface area contributed by atoms with Gasteiger partial charge in [0.1, 0.15) is 6.04 Å². The molecule has 82 valence electrons. The molecule has 0 saturated heterocycles. The van der Waals surface area contributed by atoms with Crippen molar-refractivity contribution in [2.24, 2.45) is 5.73 Å². The molecular weight excluding hydrogens is 210 g/mol. The summed E-state index contributed by atoms with van der Waals surface area (Å²) in [6.45, 7) is 3.87. The third-order valence-electron chi connectivity index (χ3n) is 2.52. The Morgan fingerprint density at radius 2 is 2.07 bits per heavy atom. The molecule has 3 nitrogen and oxygen atoms in total. The number of carbonyl (C=O) groups is 1. The minimum absolute atomic E-state index is 0.701. The Morgan fingerprint density at radius 1 is 1.47 bits per heavy atom. The number of nitrogens with two attached hydrogens (primary N) is 1. The van der Waals surface area contributed by atoms with Gasteiger partial charge in [-0.1, -0.05) is 0 Å². The highest BCUT2D eigenvalue weighted by atomic mass is 32.2. The highest BCUT2D eigenvalue weighted by molar-refractivity contribution is 7.98. The lowest BCUT2D eigenvalue weighted by atomic mass is 9.98. The van der Waals surface area contributed by atoms with Crippen LogP contribution in [0.25, 0.3) is 0 Å². The average molecular weight is 225 g/mol. The van der Waals surface area contributed by atoms with Crippen molar-refractivity contribution < 1.29 is 9.90 Å². The molecule has 0 aliphatic heterocycles. The van der Waals surface area contributed by atoms with Crippen LogP contribution in [0.1, 0.15) is 22.7 Å². The van der Waals surface area contributed by atoms with Gasteiger partial charge in [0.2, 0.25) is 0 Å². The zero-order valence-electron chi connectivity index (χ0n) is 9.07. The second kappa shape index (κ2) is 4.68. The van der Waals surface area contributed by atoms with E-state index < -0.39 is 12.0 Å². The standard InChI is InChI=1S/C11H15NO2S/c1-6-4-8(15-3)5-9(7(6)2)10(12)11(13)14/h4-5,10H,12H2,1-3H3,(H,13,14). The van der Waals surface area contributed by atoms with E-state index in [4.69, 9.17) is 10.8 Å². The fraction of sp³-hybridized carbons (Fsp3) is 0.364. The van der Waals surface area contributed by atoms with Crippen LogP contribution >= 0.6 is 11.8 Å². The summed E-state index contributed by atoms with van der Waals surface area (Å²) in [6.07, 6.45) is 1.96. The lowest BCUT2D eigenvalue weighted by Gasteiger charge is -2.14. The molecule has 1 rings (SSSR count). The zero-order valence-corrected chi connectivity index (χ0v) is 9.89. The van der Waals surface area contributed by atoms with Gasteiger partial charge >= 0.3 is 5.97 Å². The minimum Gasteiger partial charge on any atom is -0.480 e. The fourth-order valence-corrected chi connectivity index (χ4v) is 1.97. The molecule has 0 bridgehead atoms. The Kier molecular flexibility index (Phi) is 3.77. The number of benzene rings is 1.